The minimum absolute atomic E-state index is 0.236. The van der Waals surface area contributed by atoms with Crippen LogP contribution in [0.15, 0.2) is 34.8 Å². The molecule has 1 N–H and O–H groups in total. The van der Waals surface area contributed by atoms with E-state index in [2.05, 4.69) is 52.5 Å². The van der Waals surface area contributed by atoms with Gasteiger partial charge in [-0.05, 0) is 50.1 Å². The first kappa shape index (κ1) is 13.6. The fraction of sp³-hybridized carbons (Fsp3) is 0.467. The molecular formula is C15H20BrNO. The molecule has 0 spiro atoms. The summed E-state index contributed by atoms with van der Waals surface area (Å²) in [5.74, 6) is 0.996. The van der Waals surface area contributed by atoms with Gasteiger partial charge in [0.05, 0.1) is 0 Å². The van der Waals surface area contributed by atoms with Gasteiger partial charge in [-0.25, -0.2) is 0 Å². The molecule has 1 aliphatic rings. The number of rotatable bonds is 5. The van der Waals surface area contributed by atoms with E-state index < -0.39 is 0 Å². The van der Waals surface area contributed by atoms with Crippen LogP contribution in [0, 0.1) is 0 Å². The Kier molecular flexibility index (Phi) is 5.26. The first-order valence-corrected chi connectivity index (χ1v) is 7.41. The molecule has 1 aliphatic carbocycles. The molecular weight excluding hydrogens is 290 g/mol. The van der Waals surface area contributed by atoms with Gasteiger partial charge in [-0.2, -0.15) is 0 Å². The Morgan fingerprint density at radius 1 is 1.44 bits per heavy atom. The van der Waals surface area contributed by atoms with Crippen molar-refractivity contribution in [2.24, 2.45) is 0 Å². The van der Waals surface area contributed by atoms with Crippen LogP contribution in [0.1, 0.15) is 31.7 Å². The highest BCUT2D eigenvalue weighted by molar-refractivity contribution is 9.10. The van der Waals surface area contributed by atoms with Gasteiger partial charge >= 0.3 is 0 Å². The predicted molar refractivity (Wildman–Crippen MR) is 78.9 cm³/mol. The van der Waals surface area contributed by atoms with Crippen LogP contribution in [-0.2, 0) is 6.54 Å². The van der Waals surface area contributed by atoms with Crippen molar-refractivity contribution in [3.63, 3.8) is 0 Å². The SMILES string of the molecule is CCNCc1cc(Br)ccc1OC1C=CCCC1. The van der Waals surface area contributed by atoms with E-state index in [1.165, 1.54) is 18.4 Å². The Bertz CT molecular complexity index is 417. The molecule has 0 fully saturated rings. The van der Waals surface area contributed by atoms with Crippen LogP contribution in [0.25, 0.3) is 0 Å². The fourth-order valence-corrected chi connectivity index (χ4v) is 2.51. The number of ether oxygens (including phenoxy) is 1. The van der Waals surface area contributed by atoms with Crippen molar-refractivity contribution in [2.75, 3.05) is 6.54 Å². The fourth-order valence-electron chi connectivity index (χ4n) is 2.10. The van der Waals surface area contributed by atoms with Crippen molar-refractivity contribution in [1.29, 1.82) is 0 Å². The van der Waals surface area contributed by atoms with Crippen LogP contribution >= 0.6 is 15.9 Å². The standard InChI is InChI=1S/C15H20BrNO/c1-2-17-11-12-10-13(16)8-9-15(12)18-14-6-4-3-5-7-14/h4,6,8-10,14,17H,2-3,5,7,11H2,1H3. The van der Waals surface area contributed by atoms with Crippen LogP contribution in [0.2, 0.25) is 0 Å². The van der Waals surface area contributed by atoms with Crippen LogP contribution in [0.4, 0.5) is 0 Å². The normalized spacial score (nSPS) is 18.9. The molecule has 2 rings (SSSR count). The molecule has 0 heterocycles. The van der Waals surface area contributed by atoms with Crippen LogP contribution < -0.4 is 10.1 Å². The van der Waals surface area contributed by atoms with Crippen molar-refractivity contribution >= 4 is 15.9 Å². The van der Waals surface area contributed by atoms with Gasteiger partial charge in [-0.1, -0.05) is 28.9 Å². The molecule has 0 saturated carbocycles. The minimum atomic E-state index is 0.236. The summed E-state index contributed by atoms with van der Waals surface area (Å²) < 4.78 is 7.19. The molecule has 0 amide bonds. The topological polar surface area (TPSA) is 21.3 Å². The molecule has 0 bridgehead atoms. The van der Waals surface area contributed by atoms with Crippen LogP contribution in [-0.4, -0.2) is 12.6 Å². The van der Waals surface area contributed by atoms with Gasteiger partial charge in [0.2, 0.25) is 0 Å². The molecule has 0 radical (unpaired) electrons. The van der Waals surface area contributed by atoms with Crippen molar-refractivity contribution < 1.29 is 4.74 Å². The predicted octanol–water partition coefficient (Wildman–Crippen LogP) is 4.05. The highest BCUT2D eigenvalue weighted by atomic mass is 79.9. The molecule has 0 saturated heterocycles. The average molecular weight is 310 g/mol. The summed E-state index contributed by atoms with van der Waals surface area (Å²) in [4.78, 5) is 0. The lowest BCUT2D eigenvalue weighted by molar-refractivity contribution is 0.227. The Hall–Kier alpha value is -0.800. The average Bonchev–Trinajstić information content (AvgIpc) is 2.40. The number of benzene rings is 1. The molecule has 1 aromatic rings. The van der Waals surface area contributed by atoms with Crippen molar-refractivity contribution in [1.82, 2.24) is 5.32 Å². The van der Waals surface area contributed by atoms with Gasteiger partial charge in [-0.15, -0.1) is 0 Å². The van der Waals surface area contributed by atoms with Gasteiger partial charge in [0.1, 0.15) is 11.9 Å². The zero-order valence-corrected chi connectivity index (χ0v) is 12.4. The maximum Gasteiger partial charge on any atom is 0.124 e. The number of hydrogen-bond donors (Lipinski definition) is 1. The Balaban J connectivity index is 2.09. The van der Waals surface area contributed by atoms with E-state index in [0.717, 1.165) is 29.7 Å². The van der Waals surface area contributed by atoms with Gasteiger partial charge in [0.15, 0.2) is 0 Å². The zero-order valence-electron chi connectivity index (χ0n) is 10.8. The maximum atomic E-state index is 6.09. The molecule has 0 aliphatic heterocycles. The van der Waals surface area contributed by atoms with Crippen molar-refractivity contribution in [2.45, 2.75) is 38.8 Å². The van der Waals surface area contributed by atoms with E-state index in [1.807, 2.05) is 6.07 Å². The molecule has 1 atom stereocenters. The lowest BCUT2D eigenvalue weighted by Gasteiger charge is -2.20. The second kappa shape index (κ2) is 6.95. The van der Waals surface area contributed by atoms with Gasteiger partial charge in [-0.3, -0.25) is 0 Å². The Morgan fingerprint density at radius 3 is 3.06 bits per heavy atom. The quantitative estimate of drug-likeness (QED) is 0.829. The molecule has 1 aromatic carbocycles. The van der Waals surface area contributed by atoms with Crippen molar-refractivity contribution in [3.05, 3.63) is 40.4 Å². The third kappa shape index (κ3) is 3.85. The smallest absolute Gasteiger partial charge is 0.124 e. The molecule has 0 aromatic heterocycles. The summed E-state index contributed by atoms with van der Waals surface area (Å²) in [5, 5.41) is 3.35. The molecule has 18 heavy (non-hydrogen) atoms. The summed E-state index contributed by atoms with van der Waals surface area (Å²) >= 11 is 3.52. The summed E-state index contributed by atoms with van der Waals surface area (Å²) in [7, 11) is 0. The molecule has 3 heteroatoms. The lowest BCUT2D eigenvalue weighted by Crippen LogP contribution is -2.18. The first-order valence-electron chi connectivity index (χ1n) is 6.62. The third-order valence-electron chi connectivity index (χ3n) is 3.08. The monoisotopic (exact) mass is 309 g/mol. The van der Waals surface area contributed by atoms with E-state index in [4.69, 9.17) is 4.74 Å². The Labute approximate surface area is 118 Å². The molecule has 98 valence electrons. The van der Waals surface area contributed by atoms with Crippen molar-refractivity contribution in [3.8, 4) is 5.75 Å². The highest BCUT2D eigenvalue weighted by Gasteiger charge is 2.12. The van der Waals surface area contributed by atoms with Crippen LogP contribution in [0.3, 0.4) is 0 Å². The number of halogens is 1. The van der Waals surface area contributed by atoms with E-state index in [1.54, 1.807) is 0 Å². The Morgan fingerprint density at radius 2 is 2.33 bits per heavy atom. The highest BCUT2D eigenvalue weighted by Crippen LogP contribution is 2.26. The summed E-state index contributed by atoms with van der Waals surface area (Å²) in [6.45, 7) is 3.93. The zero-order chi connectivity index (χ0) is 12.8. The minimum Gasteiger partial charge on any atom is -0.486 e. The maximum absolute atomic E-state index is 6.09. The first-order chi connectivity index (χ1) is 8.79. The lowest BCUT2D eigenvalue weighted by atomic mass is 10.1. The van der Waals surface area contributed by atoms with Gasteiger partial charge in [0.25, 0.3) is 0 Å². The van der Waals surface area contributed by atoms with E-state index in [9.17, 15) is 0 Å². The number of nitrogens with one attached hydrogen (secondary N) is 1. The molecule has 2 nitrogen and oxygen atoms in total. The van der Waals surface area contributed by atoms with E-state index in [-0.39, 0.29) is 6.10 Å². The summed E-state index contributed by atoms with van der Waals surface area (Å²) in [6, 6.07) is 6.22. The second-order valence-electron chi connectivity index (χ2n) is 4.55. The molecule has 1 unspecified atom stereocenters. The summed E-state index contributed by atoms with van der Waals surface area (Å²) in [6.07, 6.45) is 8.16. The van der Waals surface area contributed by atoms with Gasteiger partial charge in [0, 0.05) is 16.6 Å². The number of hydrogen-bond acceptors (Lipinski definition) is 2. The van der Waals surface area contributed by atoms with E-state index >= 15 is 0 Å². The van der Waals surface area contributed by atoms with E-state index in [0.29, 0.717) is 0 Å². The largest absolute Gasteiger partial charge is 0.486 e. The third-order valence-corrected chi connectivity index (χ3v) is 3.57. The van der Waals surface area contributed by atoms with Crippen LogP contribution in [0.5, 0.6) is 5.75 Å². The summed E-state index contributed by atoms with van der Waals surface area (Å²) in [5.41, 5.74) is 1.21. The second-order valence-corrected chi connectivity index (χ2v) is 5.46. The van der Waals surface area contributed by atoms with Gasteiger partial charge < -0.3 is 10.1 Å². The number of allylic oxidation sites excluding steroid dienone is 1.